The van der Waals surface area contributed by atoms with E-state index in [4.69, 9.17) is 4.74 Å². The van der Waals surface area contributed by atoms with Gasteiger partial charge in [0.25, 0.3) is 0 Å². The number of nitrogens with one attached hydrogen (secondary N) is 1. The first-order valence-corrected chi connectivity index (χ1v) is 7.80. The van der Waals surface area contributed by atoms with Gasteiger partial charge in [-0.15, -0.1) is 12.4 Å². The highest BCUT2D eigenvalue weighted by Crippen LogP contribution is 2.31. The molecule has 20 heavy (non-hydrogen) atoms. The van der Waals surface area contributed by atoms with Crippen molar-refractivity contribution in [2.24, 2.45) is 5.92 Å². The lowest BCUT2D eigenvalue weighted by Gasteiger charge is -2.30. The van der Waals surface area contributed by atoms with Gasteiger partial charge in [0.2, 0.25) is 5.91 Å². The Morgan fingerprint density at radius 3 is 2.50 bits per heavy atom. The first-order chi connectivity index (χ1) is 9.31. The molecule has 0 radical (unpaired) electrons. The maximum absolute atomic E-state index is 12.3. The van der Waals surface area contributed by atoms with Crippen LogP contribution in [0.15, 0.2) is 0 Å². The molecule has 0 spiro atoms. The summed E-state index contributed by atoms with van der Waals surface area (Å²) in [7, 11) is 1.68. The van der Waals surface area contributed by atoms with Crippen molar-refractivity contribution >= 4 is 18.3 Å². The van der Waals surface area contributed by atoms with E-state index in [1.54, 1.807) is 7.11 Å². The molecule has 0 aromatic carbocycles. The van der Waals surface area contributed by atoms with Crippen molar-refractivity contribution < 1.29 is 9.53 Å². The van der Waals surface area contributed by atoms with Crippen molar-refractivity contribution in [1.82, 2.24) is 10.2 Å². The third kappa shape index (κ3) is 5.98. The van der Waals surface area contributed by atoms with Crippen LogP contribution in [0.1, 0.15) is 44.9 Å². The largest absolute Gasteiger partial charge is 0.383 e. The fourth-order valence-corrected chi connectivity index (χ4v) is 2.96. The number of halogens is 1. The summed E-state index contributed by atoms with van der Waals surface area (Å²) in [6, 6.07) is 0.540. The van der Waals surface area contributed by atoms with Gasteiger partial charge in [-0.3, -0.25) is 4.79 Å². The molecule has 0 heterocycles. The summed E-state index contributed by atoms with van der Waals surface area (Å²) >= 11 is 0. The van der Waals surface area contributed by atoms with Gasteiger partial charge in [0.15, 0.2) is 0 Å². The molecule has 2 aliphatic carbocycles. The van der Waals surface area contributed by atoms with Crippen LogP contribution in [0, 0.1) is 5.92 Å². The average molecular weight is 305 g/mol. The zero-order chi connectivity index (χ0) is 13.5. The fourth-order valence-electron chi connectivity index (χ4n) is 2.96. The standard InChI is InChI=1S/C15H28N2O2.ClH/c1-19-10-9-16-11-15(18)17(14-7-8-14)12-13-5-3-2-4-6-13;/h13-14,16H,2-12H2,1H3;1H. The van der Waals surface area contributed by atoms with Crippen molar-refractivity contribution in [3.63, 3.8) is 0 Å². The Kier molecular flexibility index (Phi) is 8.50. The zero-order valence-electron chi connectivity index (χ0n) is 12.6. The van der Waals surface area contributed by atoms with E-state index in [1.807, 2.05) is 0 Å². The third-order valence-corrected chi connectivity index (χ3v) is 4.25. The lowest BCUT2D eigenvalue weighted by atomic mass is 9.89. The number of nitrogens with zero attached hydrogens (tertiary/aromatic N) is 1. The van der Waals surface area contributed by atoms with E-state index in [1.165, 1.54) is 44.9 Å². The minimum absolute atomic E-state index is 0. The fraction of sp³-hybridized carbons (Fsp3) is 0.933. The second-order valence-corrected chi connectivity index (χ2v) is 5.95. The number of methoxy groups -OCH3 is 1. The number of carbonyl (C=O) groups is 1. The molecule has 0 aromatic rings. The number of carbonyl (C=O) groups excluding carboxylic acids is 1. The molecule has 0 unspecified atom stereocenters. The maximum Gasteiger partial charge on any atom is 0.236 e. The Bertz CT molecular complexity index is 279. The second kappa shape index (κ2) is 9.59. The second-order valence-electron chi connectivity index (χ2n) is 5.95. The first kappa shape index (κ1) is 17.7. The molecule has 0 atom stereocenters. The van der Waals surface area contributed by atoms with Gasteiger partial charge in [0, 0.05) is 26.2 Å². The van der Waals surface area contributed by atoms with Crippen LogP contribution in [0.4, 0.5) is 0 Å². The molecular weight excluding hydrogens is 276 g/mol. The number of amides is 1. The van der Waals surface area contributed by atoms with E-state index in [2.05, 4.69) is 10.2 Å². The predicted molar refractivity (Wildman–Crippen MR) is 83.3 cm³/mol. The van der Waals surface area contributed by atoms with Crippen molar-refractivity contribution in [1.29, 1.82) is 0 Å². The highest BCUT2D eigenvalue weighted by Gasteiger charge is 2.33. The molecule has 2 aliphatic rings. The summed E-state index contributed by atoms with van der Waals surface area (Å²) in [5.41, 5.74) is 0. The van der Waals surface area contributed by atoms with Gasteiger partial charge < -0.3 is 15.0 Å². The summed E-state index contributed by atoms with van der Waals surface area (Å²) in [4.78, 5) is 14.4. The van der Waals surface area contributed by atoms with Crippen LogP contribution in [0.5, 0.6) is 0 Å². The lowest BCUT2D eigenvalue weighted by molar-refractivity contribution is -0.131. The van der Waals surface area contributed by atoms with Crippen molar-refractivity contribution in [3.05, 3.63) is 0 Å². The number of hydrogen-bond donors (Lipinski definition) is 1. The number of ether oxygens (including phenoxy) is 1. The Labute approximate surface area is 129 Å². The van der Waals surface area contributed by atoms with Crippen LogP contribution in [0.25, 0.3) is 0 Å². The molecule has 1 N–H and O–H groups in total. The summed E-state index contributed by atoms with van der Waals surface area (Å²) in [5, 5.41) is 3.17. The molecule has 2 rings (SSSR count). The van der Waals surface area contributed by atoms with Crippen LogP contribution in [-0.2, 0) is 9.53 Å². The van der Waals surface area contributed by atoms with Gasteiger partial charge in [-0.1, -0.05) is 19.3 Å². The molecule has 0 aliphatic heterocycles. The van der Waals surface area contributed by atoms with Crippen molar-refractivity contribution in [2.45, 2.75) is 51.0 Å². The van der Waals surface area contributed by atoms with E-state index in [-0.39, 0.29) is 18.3 Å². The van der Waals surface area contributed by atoms with Gasteiger partial charge in [0.1, 0.15) is 0 Å². The van der Waals surface area contributed by atoms with E-state index in [9.17, 15) is 4.79 Å². The van der Waals surface area contributed by atoms with Crippen LogP contribution >= 0.6 is 12.4 Å². The van der Waals surface area contributed by atoms with Crippen molar-refractivity contribution in [3.8, 4) is 0 Å². The van der Waals surface area contributed by atoms with E-state index >= 15 is 0 Å². The Morgan fingerprint density at radius 1 is 1.20 bits per heavy atom. The zero-order valence-corrected chi connectivity index (χ0v) is 13.4. The number of rotatable bonds is 8. The Balaban J connectivity index is 0.00000200. The highest BCUT2D eigenvalue weighted by atomic mass is 35.5. The van der Waals surface area contributed by atoms with Crippen molar-refractivity contribution in [2.75, 3.05) is 33.4 Å². The topological polar surface area (TPSA) is 41.6 Å². The quantitative estimate of drug-likeness (QED) is 0.699. The molecule has 0 saturated heterocycles. The Hall–Kier alpha value is -0.320. The molecule has 0 bridgehead atoms. The average Bonchev–Trinajstić information content (AvgIpc) is 3.26. The smallest absolute Gasteiger partial charge is 0.236 e. The lowest BCUT2D eigenvalue weighted by Crippen LogP contribution is -2.43. The van der Waals surface area contributed by atoms with Crippen LogP contribution in [0.3, 0.4) is 0 Å². The van der Waals surface area contributed by atoms with Crippen LogP contribution in [0.2, 0.25) is 0 Å². The van der Waals surface area contributed by atoms with E-state index < -0.39 is 0 Å². The van der Waals surface area contributed by atoms with Crippen LogP contribution in [-0.4, -0.2) is 50.2 Å². The molecule has 5 heteroatoms. The molecule has 118 valence electrons. The molecule has 2 fully saturated rings. The SMILES string of the molecule is COCCNCC(=O)N(CC1CCCCC1)C1CC1.Cl. The van der Waals surface area contributed by atoms with Gasteiger partial charge in [0.05, 0.1) is 13.2 Å². The minimum Gasteiger partial charge on any atom is -0.383 e. The Morgan fingerprint density at radius 2 is 1.90 bits per heavy atom. The third-order valence-electron chi connectivity index (χ3n) is 4.25. The van der Waals surface area contributed by atoms with Gasteiger partial charge in [-0.2, -0.15) is 0 Å². The highest BCUT2D eigenvalue weighted by molar-refractivity contribution is 5.85. The first-order valence-electron chi connectivity index (χ1n) is 7.80. The van der Waals surface area contributed by atoms with Gasteiger partial charge in [-0.25, -0.2) is 0 Å². The van der Waals surface area contributed by atoms with Gasteiger partial charge in [-0.05, 0) is 31.6 Å². The minimum atomic E-state index is 0. The maximum atomic E-state index is 12.3. The molecule has 1 amide bonds. The van der Waals surface area contributed by atoms with E-state index in [0.29, 0.717) is 19.2 Å². The molecule has 2 saturated carbocycles. The summed E-state index contributed by atoms with van der Waals surface area (Å²) in [6.07, 6.45) is 9.12. The summed E-state index contributed by atoms with van der Waals surface area (Å²) in [5.74, 6) is 1.03. The molecule has 0 aromatic heterocycles. The molecule has 4 nitrogen and oxygen atoms in total. The van der Waals surface area contributed by atoms with Crippen LogP contribution < -0.4 is 5.32 Å². The number of hydrogen-bond acceptors (Lipinski definition) is 3. The van der Waals surface area contributed by atoms with E-state index in [0.717, 1.165) is 19.0 Å². The monoisotopic (exact) mass is 304 g/mol. The predicted octanol–water partition coefficient (Wildman–Crippen LogP) is 2.22. The summed E-state index contributed by atoms with van der Waals surface area (Å²) < 4.78 is 4.98. The molecular formula is C15H29ClN2O2. The van der Waals surface area contributed by atoms with Gasteiger partial charge >= 0.3 is 0 Å². The normalized spacial score (nSPS) is 19.4. The summed E-state index contributed by atoms with van der Waals surface area (Å²) in [6.45, 7) is 2.88.